The van der Waals surface area contributed by atoms with Gasteiger partial charge in [0.05, 0.1) is 3.79 Å². The van der Waals surface area contributed by atoms with Crippen LogP contribution in [-0.4, -0.2) is 5.11 Å². The van der Waals surface area contributed by atoms with Crippen molar-refractivity contribution in [2.75, 3.05) is 5.73 Å². The summed E-state index contributed by atoms with van der Waals surface area (Å²) in [5, 5.41) is 10.1. The standard InChI is InChI=1S/C11H10BrNOS/c12-10-6-5-9(15-10)11(14)7-3-1-2-4-8(7)13/h1-6,11,14H,13H2. The van der Waals surface area contributed by atoms with Crippen molar-refractivity contribution in [1.82, 2.24) is 0 Å². The van der Waals surface area contributed by atoms with Crippen LogP contribution in [0.1, 0.15) is 16.5 Å². The number of hydrogen-bond acceptors (Lipinski definition) is 3. The van der Waals surface area contributed by atoms with Gasteiger partial charge in [-0.25, -0.2) is 0 Å². The van der Waals surface area contributed by atoms with Gasteiger partial charge in [0.2, 0.25) is 0 Å². The number of hydrogen-bond donors (Lipinski definition) is 2. The Morgan fingerprint density at radius 1 is 1.20 bits per heavy atom. The molecule has 0 fully saturated rings. The van der Waals surface area contributed by atoms with E-state index in [1.165, 1.54) is 11.3 Å². The van der Waals surface area contributed by atoms with Crippen molar-refractivity contribution >= 4 is 33.0 Å². The molecular formula is C11H10BrNOS. The van der Waals surface area contributed by atoms with Crippen LogP contribution in [0.3, 0.4) is 0 Å². The summed E-state index contributed by atoms with van der Waals surface area (Å²) >= 11 is 4.88. The smallest absolute Gasteiger partial charge is 0.115 e. The minimum atomic E-state index is -0.637. The summed E-state index contributed by atoms with van der Waals surface area (Å²) in [5.41, 5.74) is 7.17. The van der Waals surface area contributed by atoms with Gasteiger partial charge in [0.1, 0.15) is 6.10 Å². The lowest BCUT2D eigenvalue weighted by atomic mass is 10.1. The second kappa shape index (κ2) is 4.35. The lowest BCUT2D eigenvalue weighted by Crippen LogP contribution is -2.01. The zero-order valence-electron chi connectivity index (χ0n) is 7.85. The maximum Gasteiger partial charge on any atom is 0.115 e. The Labute approximate surface area is 100 Å². The van der Waals surface area contributed by atoms with E-state index < -0.39 is 6.10 Å². The Bertz CT molecular complexity index is 469. The van der Waals surface area contributed by atoms with Gasteiger partial charge >= 0.3 is 0 Å². The number of thiophene rings is 1. The minimum Gasteiger partial charge on any atom is -0.398 e. The Morgan fingerprint density at radius 3 is 2.53 bits per heavy atom. The Morgan fingerprint density at radius 2 is 1.93 bits per heavy atom. The van der Waals surface area contributed by atoms with E-state index in [2.05, 4.69) is 15.9 Å². The monoisotopic (exact) mass is 283 g/mol. The number of nitrogen functional groups attached to an aromatic ring is 1. The fourth-order valence-corrected chi connectivity index (χ4v) is 2.82. The molecule has 1 heterocycles. The fourth-order valence-electron chi connectivity index (χ4n) is 1.39. The molecule has 0 saturated heterocycles. The van der Waals surface area contributed by atoms with Crippen LogP contribution >= 0.6 is 27.3 Å². The summed E-state index contributed by atoms with van der Waals surface area (Å²) in [6.07, 6.45) is -0.637. The lowest BCUT2D eigenvalue weighted by Gasteiger charge is -2.11. The van der Waals surface area contributed by atoms with Crippen molar-refractivity contribution in [3.8, 4) is 0 Å². The van der Waals surface area contributed by atoms with E-state index in [1.807, 2.05) is 30.3 Å². The highest BCUT2D eigenvalue weighted by Crippen LogP contribution is 2.33. The van der Waals surface area contributed by atoms with Gasteiger partial charge in [0, 0.05) is 16.1 Å². The molecule has 3 N–H and O–H groups in total. The molecule has 0 aliphatic carbocycles. The van der Waals surface area contributed by atoms with E-state index in [4.69, 9.17) is 5.73 Å². The summed E-state index contributed by atoms with van der Waals surface area (Å²) in [6, 6.07) is 11.2. The van der Waals surface area contributed by atoms with Gasteiger partial charge in [0.25, 0.3) is 0 Å². The highest BCUT2D eigenvalue weighted by molar-refractivity contribution is 9.11. The van der Waals surface area contributed by atoms with Crippen molar-refractivity contribution in [1.29, 1.82) is 0 Å². The van der Waals surface area contributed by atoms with Crippen LogP contribution < -0.4 is 5.73 Å². The number of halogens is 1. The quantitative estimate of drug-likeness (QED) is 0.832. The summed E-state index contributed by atoms with van der Waals surface area (Å²) in [7, 11) is 0. The molecule has 2 rings (SSSR count). The minimum absolute atomic E-state index is 0.620. The van der Waals surface area contributed by atoms with Crippen LogP contribution in [0.2, 0.25) is 0 Å². The Balaban J connectivity index is 2.36. The summed E-state index contributed by atoms with van der Waals surface area (Å²) in [4.78, 5) is 0.889. The molecule has 1 atom stereocenters. The van der Waals surface area contributed by atoms with Crippen LogP contribution in [0.5, 0.6) is 0 Å². The van der Waals surface area contributed by atoms with Crippen molar-refractivity contribution < 1.29 is 5.11 Å². The molecular weight excluding hydrogens is 274 g/mol. The van der Waals surface area contributed by atoms with E-state index in [-0.39, 0.29) is 0 Å². The normalized spacial score (nSPS) is 12.7. The predicted octanol–water partition coefficient (Wildman–Crippen LogP) is 3.17. The van der Waals surface area contributed by atoms with E-state index in [1.54, 1.807) is 6.07 Å². The maximum absolute atomic E-state index is 10.1. The zero-order chi connectivity index (χ0) is 10.8. The van der Waals surface area contributed by atoms with Crippen molar-refractivity contribution in [3.05, 3.63) is 50.6 Å². The van der Waals surface area contributed by atoms with E-state index in [9.17, 15) is 5.11 Å². The Hall–Kier alpha value is -0.840. The molecule has 4 heteroatoms. The lowest BCUT2D eigenvalue weighted by molar-refractivity contribution is 0.225. The highest BCUT2D eigenvalue weighted by Gasteiger charge is 2.14. The van der Waals surface area contributed by atoms with Gasteiger partial charge in [0.15, 0.2) is 0 Å². The number of anilines is 1. The van der Waals surface area contributed by atoms with Gasteiger partial charge in [-0.1, -0.05) is 18.2 Å². The number of nitrogens with two attached hydrogens (primary N) is 1. The van der Waals surface area contributed by atoms with E-state index >= 15 is 0 Å². The SMILES string of the molecule is Nc1ccccc1C(O)c1ccc(Br)s1. The second-order valence-electron chi connectivity index (χ2n) is 3.17. The molecule has 1 aromatic heterocycles. The predicted molar refractivity (Wildman–Crippen MR) is 66.9 cm³/mol. The first-order valence-corrected chi connectivity index (χ1v) is 6.07. The van der Waals surface area contributed by atoms with Gasteiger partial charge in [-0.2, -0.15) is 0 Å². The number of aliphatic hydroxyl groups is 1. The van der Waals surface area contributed by atoms with Crippen molar-refractivity contribution in [2.45, 2.75) is 6.10 Å². The van der Waals surface area contributed by atoms with Crippen LogP contribution in [0, 0.1) is 0 Å². The van der Waals surface area contributed by atoms with E-state index in [0.29, 0.717) is 5.69 Å². The third-order valence-electron chi connectivity index (χ3n) is 2.15. The topological polar surface area (TPSA) is 46.2 Å². The first-order chi connectivity index (χ1) is 7.18. The second-order valence-corrected chi connectivity index (χ2v) is 5.67. The molecule has 1 aromatic carbocycles. The molecule has 0 amide bonds. The first-order valence-electron chi connectivity index (χ1n) is 4.46. The van der Waals surface area contributed by atoms with Gasteiger partial charge in [-0.05, 0) is 34.1 Å². The van der Waals surface area contributed by atoms with E-state index in [0.717, 1.165) is 14.2 Å². The summed E-state index contributed by atoms with van der Waals surface area (Å²) in [6.45, 7) is 0. The van der Waals surface area contributed by atoms with Crippen LogP contribution in [0.25, 0.3) is 0 Å². The van der Waals surface area contributed by atoms with Crippen molar-refractivity contribution in [3.63, 3.8) is 0 Å². The molecule has 0 spiro atoms. The third-order valence-corrected chi connectivity index (χ3v) is 3.83. The van der Waals surface area contributed by atoms with Gasteiger partial charge in [-0.3, -0.25) is 0 Å². The molecule has 0 bridgehead atoms. The molecule has 0 aliphatic heterocycles. The largest absolute Gasteiger partial charge is 0.398 e. The number of rotatable bonds is 2. The van der Waals surface area contributed by atoms with Crippen LogP contribution in [0.15, 0.2) is 40.2 Å². The molecule has 0 saturated carbocycles. The molecule has 0 aliphatic rings. The highest BCUT2D eigenvalue weighted by atomic mass is 79.9. The summed E-state index contributed by atoms with van der Waals surface area (Å²) < 4.78 is 1.01. The van der Waals surface area contributed by atoms with Crippen LogP contribution in [-0.2, 0) is 0 Å². The summed E-state index contributed by atoms with van der Waals surface area (Å²) in [5.74, 6) is 0. The van der Waals surface area contributed by atoms with Gasteiger partial charge in [-0.15, -0.1) is 11.3 Å². The van der Waals surface area contributed by atoms with Crippen LogP contribution in [0.4, 0.5) is 5.69 Å². The van der Waals surface area contributed by atoms with Crippen molar-refractivity contribution in [2.24, 2.45) is 0 Å². The van der Waals surface area contributed by atoms with Gasteiger partial charge < -0.3 is 10.8 Å². The maximum atomic E-state index is 10.1. The molecule has 0 radical (unpaired) electrons. The Kier molecular flexibility index (Phi) is 3.09. The fraction of sp³-hybridized carbons (Fsp3) is 0.0909. The zero-order valence-corrected chi connectivity index (χ0v) is 10.3. The number of aliphatic hydroxyl groups excluding tert-OH is 1. The number of para-hydroxylation sites is 1. The first kappa shape index (κ1) is 10.7. The average Bonchev–Trinajstić information content (AvgIpc) is 2.65. The average molecular weight is 284 g/mol. The number of benzene rings is 1. The molecule has 2 nitrogen and oxygen atoms in total. The molecule has 2 aromatic rings. The molecule has 1 unspecified atom stereocenters. The third kappa shape index (κ3) is 2.22. The molecule has 15 heavy (non-hydrogen) atoms. The molecule has 78 valence electrons.